The van der Waals surface area contributed by atoms with Crippen LogP contribution in [0.4, 0.5) is 0 Å². The van der Waals surface area contributed by atoms with E-state index < -0.39 is 0 Å². The Balaban J connectivity index is 1.82. The lowest BCUT2D eigenvalue weighted by atomic mass is 9.92. The summed E-state index contributed by atoms with van der Waals surface area (Å²) in [6.07, 6.45) is 2.81. The molecule has 1 saturated carbocycles. The largest absolute Gasteiger partial charge is 0.316 e. The molecule has 2 atom stereocenters. The minimum Gasteiger partial charge on any atom is -0.316 e. The molecule has 2 fully saturated rings. The minimum absolute atomic E-state index is 0.836. The van der Waals surface area contributed by atoms with Gasteiger partial charge in [0.05, 0.1) is 0 Å². The van der Waals surface area contributed by atoms with Crippen molar-refractivity contribution in [1.82, 2.24) is 5.32 Å². The molecule has 0 radical (unpaired) electrons. The van der Waals surface area contributed by atoms with E-state index in [9.17, 15) is 0 Å². The summed E-state index contributed by atoms with van der Waals surface area (Å²) in [5, 5.41) is 3.51. The SMILES string of the molecule is Cc1ccccc1C1C[C@H]2CNC[C@@H]2C1. The number of hydrogen-bond acceptors (Lipinski definition) is 1. The van der Waals surface area contributed by atoms with Gasteiger partial charge in [0, 0.05) is 0 Å². The van der Waals surface area contributed by atoms with Crippen LogP contribution in [-0.4, -0.2) is 13.1 Å². The van der Waals surface area contributed by atoms with E-state index in [1.807, 2.05) is 0 Å². The maximum absolute atomic E-state index is 3.51. The molecule has 0 spiro atoms. The summed E-state index contributed by atoms with van der Waals surface area (Å²) < 4.78 is 0. The van der Waals surface area contributed by atoms with Crippen molar-refractivity contribution in [2.75, 3.05) is 13.1 Å². The highest BCUT2D eigenvalue weighted by atomic mass is 14.9. The molecule has 0 aromatic heterocycles. The quantitative estimate of drug-likeness (QED) is 0.736. The van der Waals surface area contributed by atoms with Gasteiger partial charge in [-0.3, -0.25) is 0 Å². The van der Waals surface area contributed by atoms with Gasteiger partial charge in [0.1, 0.15) is 0 Å². The fourth-order valence-electron chi connectivity index (χ4n) is 3.46. The van der Waals surface area contributed by atoms with Gasteiger partial charge >= 0.3 is 0 Å². The maximum Gasteiger partial charge on any atom is -0.00171 e. The Bertz CT molecular complexity index is 346. The van der Waals surface area contributed by atoms with Crippen LogP contribution in [-0.2, 0) is 0 Å². The summed E-state index contributed by atoms with van der Waals surface area (Å²) in [5.41, 5.74) is 3.09. The van der Waals surface area contributed by atoms with Crippen LogP contribution in [0.1, 0.15) is 29.9 Å². The zero-order chi connectivity index (χ0) is 10.3. The predicted molar refractivity (Wildman–Crippen MR) is 63.0 cm³/mol. The molecule has 1 aliphatic carbocycles. The Labute approximate surface area is 91.9 Å². The zero-order valence-electron chi connectivity index (χ0n) is 9.37. The first-order chi connectivity index (χ1) is 7.34. The highest BCUT2D eigenvalue weighted by Crippen LogP contribution is 2.44. The van der Waals surface area contributed by atoms with Gasteiger partial charge in [-0.25, -0.2) is 0 Å². The molecular weight excluding hydrogens is 182 g/mol. The Hall–Kier alpha value is -0.820. The van der Waals surface area contributed by atoms with Crippen molar-refractivity contribution >= 4 is 0 Å². The second-order valence-corrected chi connectivity index (χ2v) is 5.20. The fourth-order valence-corrected chi connectivity index (χ4v) is 3.46. The van der Waals surface area contributed by atoms with Gasteiger partial charge in [-0.15, -0.1) is 0 Å². The molecule has 3 rings (SSSR count). The van der Waals surface area contributed by atoms with E-state index in [-0.39, 0.29) is 0 Å². The Kier molecular flexibility index (Phi) is 2.28. The predicted octanol–water partition coefficient (Wildman–Crippen LogP) is 2.71. The third kappa shape index (κ3) is 1.59. The second-order valence-electron chi connectivity index (χ2n) is 5.20. The van der Waals surface area contributed by atoms with Crippen LogP contribution in [0.5, 0.6) is 0 Å². The van der Waals surface area contributed by atoms with E-state index in [4.69, 9.17) is 0 Å². The average Bonchev–Trinajstić information content (AvgIpc) is 2.77. The lowest BCUT2D eigenvalue weighted by Crippen LogP contribution is -2.11. The lowest BCUT2D eigenvalue weighted by Gasteiger charge is -2.14. The standard InChI is InChI=1S/C14H19N/c1-10-4-2-3-5-14(10)11-6-12-8-15-9-13(12)7-11/h2-5,11-13,15H,6-9H2,1H3/t12-,13-/m0/s1. The van der Waals surface area contributed by atoms with Gasteiger partial charge in [0.2, 0.25) is 0 Å². The summed E-state index contributed by atoms with van der Waals surface area (Å²) in [6.45, 7) is 4.77. The number of hydrogen-bond donors (Lipinski definition) is 1. The topological polar surface area (TPSA) is 12.0 Å². The van der Waals surface area contributed by atoms with Crippen molar-refractivity contribution < 1.29 is 0 Å². The van der Waals surface area contributed by atoms with Gasteiger partial charge in [0.25, 0.3) is 0 Å². The van der Waals surface area contributed by atoms with Crippen LogP contribution in [0.15, 0.2) is 24.3 Å². The highest BCUT2D eigenvalue weighted by molar-refractivity contribution is 5.30. The summed E-state index contributed by atoms with van der Waals surface area (Å²) in [6, 6.07) is 8.92. The molecule has 80 valence electrons. The molecule has 0 unspecified atom stereocenters. The van der Waals surface area contributed by atoms with E-state index >= 15 is 0 Å². The van der Waals surface area contributed by atoms with Crippen LogP contribution < -0.4 is 5.32 Å². The van der Waals surface area contributed by atoms with Crippen molar-refractivity contribution in [3.63, 3.8) is 0 Å². The van der Waals surface area contributed by atoms with Gasteiger partial charge in [0.15, 0.2) is 0 Å². The molecule has 1 aliphatic heterocycles. The van der Waals surface area contributed by atoms with E-state index in [0.29, 0.717) is 0 Å². The molecule has 0 bridgehead atoms. The number of benzene rings is 1. The number of nitrogens with one attached hydrogen (secondary N) is 1. The zero-order valence-corrected chi connectivity index (χ0v) is 9.37. The summed E-state index contributed by atoms with van der Waals surface area (Å²) in [7, 11) is 0. The Morgan fingerprint density at radius 2 is 1.73 bits per heavy atom. The minimum atomic E-state index is 0.836. The smallest absolute Gasteiger partial charge is 0.00171 e. The monoisotopic (exact) mass is 201 g/mol. The van der Waals surface area contributed by atoms with Crippen LogP contribution >= 0.6 is 0 Å². The average molecular weight is 201 g/mol. The molecule has 1 aromatic rings. The number of fused-ring (bicyclic) bond motifs is 1. The first kappa shape index (κ1) is 9.41. The van der Waals surface area contributed by atoms with Crippen LogP contribution in [0.3, 0.4) is 0 Å². The second kappa shape index (κ2) is 3.64. The Morgan fingerprint density at radius 1 is 1.07 bits per heavy atom. The highest BCUT2D eigenvalue weighted by Gasteiger charge is 2.37. The lowest BCUT2D eigenvalue weighted by molar-refractivity contribution is 0.494. The van der Waals surface area contributed by atoms with E-state index in [2.05, 4.69) is 36.5 Å². The fraction of sp³-hybridized carbons (Fsp3) is 0.571. The molecule has 1 heteroatoms. The molecule has 1 N–H and O–H groups in total. The van der Waals surface area contributed by atoms with Crippen LogP contribution in [0.25, 0.3) is 0 Å². The van der Waals surface area contributed by atoms with Crippen molar-refractivity contribution in [3.05, 3.63) is 35.4 Å². The van der Waals surface area contributed by atoms with E-state index in [0.717, 1.165) is 17.8 Å². The summed E-state index contributed by atoms with van der Waals surface area (Å²) in [4.78, 5) is 0. The molecule has 15 heavy (non-hydrogen) atoms. The van der Waals surface area contributed by atoms with Gasteiger partial charge in [-0.1, -0.05) is 24.3 Å². The first-order valence-electron chi connectivity index (χ1n) is 6.11. The third-order valence-corrected chi connectivity index (χ3v) is 4.28. The first-order valence-corrected chi connectivity index (χ1v) is 6.11. The van der Waals surface area contributed by atoms with Crippen molar-refractivity contribution in [1.29, 1.82) is 0 Å². The van der Waals surface area contributed by atoms with E-state index in [1.165, 1.54) is 31.5 Å². The van der Waals surface area contributed by atoms with Crippen molar-refractivity contribution in [3.8, 4) is 0 Å². The summed E-state index contributed by atoms with van der Waals surface area (Å²) in [5.74, 6) is 2.74. The van der Waals surface area contributed by atoms with Crippen LogP contribution in [0.2, 0.25) is 0 Å². The normalized spacial score (nSPS) is 30.7. The van der Waals surface area contributed by atoms with Gasteiger partial charge in [-0.05, 0) is 61.7 Å². The molecular formula is C14H19N. The van der Waals surface area contributed by atoms with Crippen molar-refractivity contribution in [2.24, 2.45) is 11.8 Å². The maximum atomic E-state index is 3.51. The molecule has 1 aromatic carbocycles. The summed E-state index contributed by atoms with van der Waals surface area (Å²) >= 11 is 0. The molecule has 1 nitrogen and oxygen atoms in total. The molecule has 1 heterocycles. The van der Waals surface area contributed by atoms with Gasteiger partial charge < -0.3 is 5.32 Å². The number of rotatable bonds is 1. The van der Waals surface area contributed by atoms with E-state index in [1.54, 1.807) is 5.56 Å². The Morgan fingerprint density at radius 3 is 2.40 bits per heavy atom. The third-order valence-electron chi connectivity index (χ3n) is 4.28. The number of aryl methyl sites for hydroxylation is 1. The molecule has 2 aliphatic rings. The molecule has 1 saturated heterocycles. The van der Waals surface area contributed by atoms with Crippen molar-refractivity contribution in [2.45, 2.75) is 25.7 Å². The molecule has 0 amide bonds. The van der Waals surface area contributed by atoms with Gasteiger partial charge in [-0.2, -0.15) is 0 Å². The van der Waals surface area contributed by atoms with Crippen LogP contribution in [0, 0.1) is 18.8 Å².